The topological polar surface area (TPSA) is 0 Å². The fraction of sp³-hybridized carbons (Fsp3) is 1.00. The first kappa shape index (κ1) is 7.54. The second kappa shape index (κ2) is 4.28. The van der Waals surface area contributed by atoms with E-state index in [1.807, 2.05) is 0 Å². The highest BCUT2D eigenvalue weighted by molar-refractivity contribution is 7.17. The second-order valence-electron chi connectivity index (χ2n) is 3.00. The van der Waals surface area contributed by atoms with Gasteiger partial charge in [-0.25, -0.2) is 0 Å². The molecular weight excluding hydrogens is 127 g/mol. The molecule has 0 unspecified atom stereocenters. The molecule has 0 aliphatic heterocycles. The number of rotatable bonds is 0. The maximum absolute atomic E-state index is 4.48. The molecule has 52 valence electrons. The smallest absolute Gasteiger partial charge is 0.0125 e. The van der Waals surface area contributed by atoms with Crippen LogP contribution in [-0.4, -0.2) is 5.66 Å². The zero-order chi connectivity index (χ0) is 6.53. The van der Waals surface area contributed by atoms with Crippen LogP contribution in [0.25, 0.3) is 0 Å². The quantitative estimate of drug-likeness (QED) is 0.454. The van der Waals surface area contributed by atoms with Crippen molar-refractivity contribution in [1.29, 1.82) is 0 Å². The Bertz CT molecular complexity index is 63.0. The van der Waals surface area contributed by atoms with Crippen molar-refractivity contribution in [3.05, 3.63) is 0 Å². The van der Waals surface area contributed by atoms with Gasteiger partial charge in [-0.15, -0.1) is 0 Å². The molecule has 1 aliphatic rings. The predicted octanol–water partition coefficient (Wildman–Crippen LogP) is 3.51. The first-order valence-electron chi connectivity index (χ1n) is 4.07. The first-order chi connectivity index (χ1) is 4.39. The van der Waals surface area contributed by atoms with Crippen LogP contribution in [0, 0.1) is 0 Å². The normalized spacial score (nSPS) is 25.0. The summed E-state index contributed by atoms with van der Waals surface area (Å²) in [6, 6.07) is 0. The van der Waals surface area contributed by atoms with Gasteiger partial charge >= 0.3 is 0 Å². The Morgan fingerprint density at radius 2 is 1.22 bits per heavy atom. The molecule has 0 nitrogen and oxygen atoms in total. The minimum absolute atomic E-state index is 0.713. The molecule has 0 spiro atoms. The molecule has 1 rings (SSSR count). The summed E-state index contributed by atoms with van der Waals surface area (Å²) in [5.41, 5.74) is 0.713. The van der Waals surface area contributed by atoms with Crippen molar-refractivity contribution >= 4 is 9.24 Å². The molecule has 0 saturated heterocycles. The number of hydrogen-bond acceptors (Lipinski definition) is 0. The first-order valence-corrected chi connectivity index (χ1v) is 4.59. The van der Waals surface area contributed by atoms with Crippen LogP contribution >= 0.6 is 9.24 Å². The zero-order valence-corrected chi connectivity index (χ0v) is 6.87. The molecule has 1 aliphatic carbocycles. The van der Waals surface area contributed by atoms with Crippen molar-refractivity contribution < 1.29 is 0 Å². The lowest BCUT2D eigenvalue weighted by atomic mass is 10.0. The van der Waals surface area contributed by atoms with Gasteiger partial charge in [-0.1, -0.05) is 32.1 Å². The number of hydrogen-bond donors (Lipinski definition) is 0. The Morgan fingerprint density at radius 3 is 1.78 bits per heavy atom. The third-order valence-electron chi connectivity index (χ3n) is 2.07. The monoisotopic (exact) mass is 142 g/mol. The average Bonchev–Trinajstić information content (AvgIpc) is 1.79. The maximum Gasteiger partial charge on any atom is -0.0125 e. The van der Waals surface area contributed by atoms with E-state index < -0.39 is 0 Å². The highest BCUT2D eigenvalue weighted by Crippen LogP contribution is 2.21. The van der Waals surface area contributed by atoms with Crippen molar-refractivity contribution in [3.63, 3.8) is 0 Å². The van der Waals surface area contributed by atoms with Gasteiger partial charge < -0.3 is 0 Å². The van der Waals surface area contributed by atoms with E-state index >= 15 is 0 Å². The van der Waals surface area contributed by atoms with Crippen LogP contribution in [0.4, 0.5) is 0 Å². The second-order valence-corrected chi connectivity index (χ2v) is 3.73. The van der Waals surface area contributed by atoms with Crippen molar-refractivity contribution in [2.24, 2.45) is 0 Å². The SMILES string of the molecule is [P]C1CCCCCCC1. The summed E-state index contributed by atoms with van der Waals surface area (Å²) in [5, 5.41) is 0. The van der Waals surface area contributed by atoms with Gasteiger partial charge in [0.1, 0.15) is 0 Å². The Morgan fingerprint density at radius 1 is 0.778 bits per heavy atom. The van der Waals surface area contributed by atoms with Crippen LogP contribution < -0.4 is 0 Å². The Kier molecular flexibility index (Phi) is 3.58. The highest BCUT2D eigenvalue weighted by Gasteiger charge is 2.05. The molecule has 1 saturated carbocycles. The van der Waals surface area contributed by atoms with E-state index in [-0.39, 0.29) is 0 Å². The lowest BCUT2D eigenvalue weighted by Gasteiger charge is -2.12. The molecule has 1 fully saturated rings. The maximum atomic E-state index is 4.48. The summed E-state index contributed by atoms with van der Waals surface area (Å²) in [5.74, 6) is 0. The fourth-order valence-electron chi connectivity index (χ4n) is 1.43. The molecule has 2 radical (unpaired) electrons. The van der Waals surface area contributed by atoms with E-state index in [0.29, 0.717) is 5.66 Å². The van der Waals surface area contributed by atoms with Crippen molar-refractivity contribution in [1.82, 2.24) is 0 Å². The summed E-state index contributed by atoms with van der Waals surface area (Å²) in [6.45, 7) is 0. The van der Waals surface area contributed by atoms with E-state index in [9.17, 15) is 0 Å². The molecule has 0 aromatic heterocycles. The molecule has 0 amide bonds. The lowest BCUT2D eigenvalue weighted by molar-refractivity contribution is 0.513. The van der Waals surface area contributed by atoms with E-state index in [1.54, 1.807) is 0 Å². The van der Waals surface area contributed by atoms with E-state index in [1.165, 1.54) is 44.9 Å². The largest absolute Gasteiger partial charge is 0.0533 e. The van der Waals surface area contributed by atoms with Crippen LogP contribution in [0.5, 0.6) is 0 Å². The summed E-state index contributed by atoms with van der Waals surface area (Å²) < 4.78 is 0. The molecule has 1 heteroatoms. The van der Waals surface area contributed by atoms with Crippen molar-refractivity contribution in [2.75, 3.05) is 0 Å². The zero-order valence-electron chi connectivity index (χ0n) is 5.97. The average molecular weight is 142 g/mol. The minimum atomic E-state index is 0.713. The van der Waals surface area contributed by atoms with Crippen LogP contribution in [0.1, 0.15) is 44.9 Å². The predicted molar refractivity (Wildman–Crippen MR) is 43.0 cm³/mol. The summed E-state index contributed by atoms with van der Waals surface area (Å²) in [7, 11) is 4.48. The van der Waals surface area contributed by atoms with E-state index in [0.717, 1.165) is 0 Å². The van der Waals surface area contributed by atoms with Gasteiger partial charge in [-0.05, 0) is 27.7 Å². The van der Waals surface area contributed by atoms with Crippen LogP contribution in [0.15, 0.2) is 0 Å². The Labute approximate surface area is 60.6 Å². The van der Waals surface area contributed by atoms with Gasteiger partial charge in [0.2, 0.25) is 0 Å². The molecule has 0 N–H and O–H groups in total. The van der Waals surface area contributed by atoms with Gasteiger partial charge in [-0.3, -0.25) is 0 Å². The van der Waals surface area contributed by atoms with Crippen LogP contribution in [0.2, 0.25) is 0 Å². The molecular formula is C8H15P. The van der Waals surface area contributed by atoms with E-state index in [4.69, 9.17) is 0 Å². The van der Waals surface area contributed by atoms with E-state index in [2.05, 4.69) is 9.24 Å². The lowest BCUT2D eigenvalue weighted by Crippen LogP contribution is -2.00. The Balaban J connectivity index is 2.12. The minimum Gasteiger partial charge on any atom is -0.0533 e. The molecule has 0 aromatic rings. The summed E-state index contributed by atoms with van der Waals surface area (Å²) in [4.78, 5) is 0. The molecule has 0 aromatic carbocycles. The molecule has 0 heterocycles. The third-order valence-corrected chi connectivity index (χ3v) is 2.59. The van der Waals surface area contributed by atoms with Gasteiger partial charge in [0.25, 0.3) is 0 Å². The standard InChI is InChI=1S/C8H15P/c9-8-6-4-2-1-3-5-7-8/h8H,1-7H2. The van der Waals surface area contributed by atoms with Gasteiger partial charge in [0.15, 0.2) is 0 Å². The molecule has 0 atom stereocenters. The summed E-state index contributed by atoms with van der Waals surface area (Å²) >= 11 is 0. The van der Waals surface area contributed by atoms with Crippen molar-refractivity contribution in [2.45, 2.75) is 50.6 Å². The highest BCUT2D eigenvalue weighted by atomic mass is 31.0. The van der Waals surface area contributed by atoms with Crippen LogP contribution in [0.3, 0.4) is 0 Å². The molecule has 9 heavy (non-hydrogen) atoms. The molecule has 0 bridgehead atoms. The van der Waals surface area contributed by atoms with Gasteiger partial charge in [0.05, 0.1) is 0 Å². The summed E-state index contributed by atoms with van der Waals surface area (Å²) in [6.07, 6.45) is 9.86. The Hall–Kier alpha value is 0.430. The van der Waals surface area contributed by atoms with Crippen LogP contribution in [-0.2, 0) is 0 Å². The third kappa shape index (κ3) is 3.20. The van der Waals surface area contributed by atoms with Crippen molar-refractivity contribution in [3.8, 4) is 0 Å². The fourth-order valence-corrected chi connectivity index (χ4v) is 1.80. The van der Waals surface area contributed by atoms with Gasteiger partial charge in [0, 0.05) is 0 Å². The van der Waals surface area contributed by atoms with Gasteiger partial charge in [-0.2, -0.15) is 0 Å².